The lowest BCUT2D eigenvalue weighted by Gasteiger charge is -2.15. The number of hydrogen-bond acceptors (Lipinski definition) is 4. The quantitative estimate of drug-likeness (QED) is 0.886. The van der Waals surface area contributed by atoms with Gasteiger partial charge in [-0.25, -0.2) is 4.68 Å². The maximum absolute atomic E-state index is 4.14. The summed E-state index contributed by atoms with van der Waals surface area (Å²) in [6.45, 7) is 5.19. The topological polar surface area (TPSA) is 42.7 Å². The minimum atomic E-state index is 0.190. The predicted molar refractivity (Wildman–Crippen MR) is 70.3 cm³/mol. The molecule has 2 aromatic rings. The Bertz CT molecular complexity index is 474. The SMILES string of the molecule is CCCn1nncc1C(NC)c1ccc(C)s1. The monoisotopic (exact) mass is 250 g/mol. The van der Waals surface area contributed by atoms with Crippen molar-refractivity contribution in [2.24, 2.45) is 0 Å². The molecule has 0 fully saturated rings. The Balaban J connectivity index is 2.31. The summed E-state index contributed by atoms with van der Waals surface area (Å²) in [5.41, 5.74) is 1.14. The molecule has 0 saturated heterocycles. The Labute approximate surface area is 106 Å². The number of aryl methyl sites for hydroxylation is 2. The number of rotatable bonds is 5. The Kier molecular flexibility index (Phi) is 3.91. The van der Waals surface area contributed by atoms with Gasteiger partial charge in [-0.15, -0.1) is 16.4 Å². The summed E-state index contributed by atoms with van der Waals surface area (Å²) in [5, 5.41) is 11.5. The van der Waals surface area contributed by atoms with Gasteiger partial charge in [0.1, 0.15) is 0 Å². The van der Waals surface area contributed by atoms with E-state index in [2.05, 4.69) is 41.6 Å². The van der Waals surface area contributed by atoms with Crippen LogP contribution in [0.2, 0.25) is 0 Å². The molecule has 0 bridgehead atoms. The zero-order valence-corrected chi connectivity index (χ0v) is 11.3. The van der Waals surface area contributed by atoms with E-state index in [1.54, 1.807) is 0 Å². The van der Waals surface area contributed by atoms with Crippen LogP contribution >= 0.6 is 11.3 Å². The summed E-state index contributed by atoms with van der Waals surface area (Å²) in [6.07, 6.45) is 2.92. The van der Waals surface area contributed by atoms with E-state index < -0.39 is 0 Å². The van der Waals surface area contributed by atoms with Crippen LogP contribution in [0.1, 0.15) is 34.8 Å². The molecule has 0 aliphatic carbocycles. The van der Waals surface area contributed by atoms with E-state index in [9.17, 15) is 0 Å². The molecule has 4 nitrogen and oxygen atoms in total. The lowest BCUT2D eigenvalue weighted by atomic mass is 10.2. The summed E-state index contributed by atoms with van der Waals surface area (Å²) in [7, 11) is 1.98. The molecule has 2 aromatic heterocycles. The fourth-order valence-electron chi connectivity index (χ4n) is 1.92. The third-order valence-electron chi connectivity index (χ3n) is 2.71. The second-order valence-corrected chi connectivity index (χ2v) is 5.37. The van der Waals surface area contributed by atoms with Crippen molar-refractivity contribution in [2.45, 2.75) is 32.9 Å². The molecule has 2 rings (SSSR count). The molecular formula is C12H18N4S. The van der Waals surface area contributed by atoms with Gasteiger partial charge in [0.2, 0.25) is 0 Å². The van der Waals surface area contributed by atoms with Crippen molar-refractivity contribution in [3.05, 3.63) is 33.8 Å². The molecule has 0 saturated carbocycles. The van der Waals surface area contributed by atoms with E-state index >= 15 is 0 Å². The average Bonchev–Trinajstić information content (AvgIpc) is 2.91. The van der Waals surface area contributed by atoms with E-state index in [-0.39, 0.29) is 6.04 Å². The van der Waals surface area contributed by atoms with Crippen LogP contribution in [0.15, 0.2) is 18.3 Å². The second-order valence-electron chi connectivity index (χ2n) is 4.05. The van der Waals surface area contributed by atoms with Gasteiger partial charge in [0.15, 0.2) is 0 Å². The van der Waals surface area contributed by atoms with Crippen LogP contribution in [0.5, 0.6) is 0 Å². The molecule has 17 heavy (non-hydrogen) atoms. The van der Waals surface area contributed by atoms with Crippen molar-refractivity contribution in [3.63, 3.8) is 0 Å². The first kappa shape index (κ1) is 12.3. The van der Waals surface area contributed by atoms with Gasteiger partial charge in [0.05, 0.1) is 17.9 Å². The molecule has 0 amide bonds. The largest absolute Gasteiger partial charge is 0.307 e. The van der Waals surface area contributed by atoms with Crippen LogP contribution in [0.4, 0.5) is 0 Å². The van der Waals surface area contributed by atoms with Crippen molar-refractivity contribution in [1.29, 1.82) is 0 Å². The number of thiophene rings is 1. The Morgan fingerprint density at radius 3 is 2.88 bits per heavy atom. The van der Waals surface area contributed by atoms with E-state index in [0.29, 0.717) is 0 Å². The number of aromatic nitrogens is 3. The maximum atomic E-state index is 4.14. The number of nitrogens with zero attached hydrogens (tertiary/aromatic N) is 3. The summed E-state index contributed by atoms with van der Waals surface area (Å²) in [6, 6.07) is 4.51. The zero-order valence-electron chi connectivity index (χ0n) is 10.5. The number of nitrogens with one attached hydrogen (secondary N) is 1. The first-order chi connectivity index (χ1) is 8.26. The zero-order chi connectivity index (χ0) is 12.3. The molecule has 5 heteroatoms. The van der Waals surface area contributed by atoms with Crippen LogP contribution in [0.25, 0.3) is 0 Å². The molecule has 1 N–H and O–H groups in total. The first-order valence-electron chi connectivity index (χ1n) is 5.88. The van der Waals surface area contributed by atoms with Gasteiger partial charge < -0.3 is 5.32 Å². The third kappa shape index (κ3) is 2.56. The summed E-state index contributed by atoms with van der Waals surface area (Å²) in [5.74, 6) is 0. The third-order valence-corrected chi connectivity index (χ3v) is 3.78. The van der Waals surface area contributed by atoms with Gasteiger partial charge in [0.25, 0.3) is 0 Å². The smallest absolute Gasteiger partial charge is 0.0856 e. The van der Waals surface area contributed by atoms with E-state index in [1.807, 2.05) is 29.3 Å². The Morgan fingerprint density at radius 2 is 2.29 bits per heavy atom. The van der Waals surface area contributed by atoms with Gasteiger partial charge in [0, 0.05) is 16.3 Å². The fourth-order valence-corrected chi connectivity index (χ4v) is 2.92. The lowest BCUT2D eigenvalue weighted by molar-refractivity contribution is 0.526. The van der Waals surface area contributed by atoms with Crippen LogP contribution in [-0.2, 0) is 6.54 Å². The van der Waals surface area contributed by atoms with Gasteiger partial charge >= 0.3 is 0 Å². The van der Waals surface area contributed by atoms with Crippen molar-refractivity contribution < 1.29 is 0 Å². The molecule has 92 valence electrons. The van der Waals surface area contributed by atoms with Crippen LogP contribution in [0, 0.1) is 6.92 Å². The second kappa shape index (κ2) is 5.42. The fraction of sp³-hybridized carbons (Fsp3) is 0.500. The molecule has 0 aliphatic rings. The summed E-state index contributed by atoms with van der Waals surface area (Å²) < 4.78 is 1.98. The van der Waals surface area contributed by atoms with Gasteiger partial charge in [-0.3, -0.25) is 0 Å². The molecule has 0 spiro atoms. The molecule has 0 aromatic carbocycles. The molecule has 2 heterocycles. The highest BCUT2D eigenvalue weighted by Gasteiger charge is 2.18. The maximum Gasteiger partial charge on any atom is 0.0856 e. The first-order valence-corrected chi connectivity index (χ1v) is 6.70. The van der Waals surface area contributed by atoms with Crippen molar-refractivity contribution in [3.8, 4) is 0 Å². The molecule has 0 aliphatic heterocycles. The number of hydrogen-bond donors (Lipinski definition) is 1. The van der Waals surface area contributed by atoms with E-state index in [4.69, 9.17) is 0 Å². The van der Waals surface area contributed by atoms with E-state index in [1.165, 1.54) is 9.75 Å². The van der Waals surface area contributed by atoms with Crippen molar-refractivity contribution in [2.75, 3.05) is 7.05 Å². The minimum Gasteiger partial charge on any atom is -0.307 e. The van der Waals surface area contributed by atoms with Gasteiger partial charge in [-0.05, 0) is 32.5 Å². The standard InChI is InChI=1S/C12H18N4S/c1-4-7-16-10(8-14-15-16)12(13-3)11-6-5-9(2)17-11/h5-6,8,12-13H,4,7H2,1-3H3. The van der Waals surface area contributed by atoms with Crippen molar-refractivity contribution >= 4 is 11.3 Å². The Hall–Kier alpha value is -1.20. The van der Waals surface area contributed by atoms with Gasteiger partial charge in [-0.1, -0.05) is 12.1 Å². The molecular weight excluding hydrogens is 232 g/mol. The minimum absolute atomic E-state index is 0.190. The van der Waals surface area contributed by atoms with Crippen molar-refractivity contribution in [1.82, 2.24) is 20.3 Å². The molecule has 0 radical (unpaired) electrons. The highest BCUT2D eigenvalue weighted by Crippen LogP contribution is 2.27. The van der Waals surface area contributed by atoms with E-state index in [0.717, 1.165) is 18.7 Å². The van der Waals surface area contributed by atoms with Crippen LogP contribution in [0.3, 0.4) is 0 Å². The molecule has 1 unspecified atom stereocenters. The highest BCUT2D eigenvalue weighted by molar-refractivity contribution is 7.12. The van der Waals surface area contributed by atoms with Gasteiger partial charge in [-0.2, -0.15) is 0 Å². The predicted octanol–water partition coefficient (Wildman–Crippen LogP) is 2.37. The van der Waals surface area contributed by atoms with Crippen LogP contribution in [-0.4, -0.2) is 22.0 Å². The summed E-state index contributed by atoms with van der Waals surface area (Å²) in [4.78, 5) is 2.64. The molecule has 1 atom stereocenters. The lowest BCUT2D eigenvalue weighted by Crippen LogP contribution is -2.20. The normalized spacial score (nSPS) is 12.9. The summed E-state index contributed by atoms with van der Waals surface area (Å²) >= 11 is 1.81. The average molecular weight is 250 g/mol. The highest BCUT2D eigenvalue weighted by atomic mass is 32.1. The van der Waals surface area contributed by atoms with Crippen LogP contribution < -0.4 is 5.32 Å². The Morgan fingerprint density at radius 1 is 1.47 bits per heavy atom.